The standard InChI is InChI=1S/C14H27NO/c1-3-6-15-14(5-4-7-16-2)13-9-11-8-12(11)10-13/h11-15H,3-10H2,1-2H3. The molecule has 94 valence electrons. The summed E-state index contributed by atoms with van der Waals surface area (Å²) >= 11 is 0. The monoisotopic (exact) mass is 225 g/mol. The van der Waals surface area contributed by atoms with Gasteiger partial charge < -0.3 is 10.1 Å². The van der Waals surface area contributed by atoms with Crippen LogP contribution in [0, 0.1) is 17.8 Å². The summed E-state index contributed by atoms with van der Waals surface area (Å²) in [4.78, 5) is 0. The quantitative estimate of drug-likeness (QED) is 0.641. The first-order valence-electron chi connectivity index (χ1n) is 7.07. The minimum Gasteiger partial charge on any atom is -0.385 e. The first-order valence-corrected chi connectivity index (χ1v) is 7.07. The topological polar surface area (TPSA) is 21.3 Å². The summed E-state index contributed by atoms with van der Waals surface area (Å²) in [6.07, 6.45) is 8.30. The first-order chi connectivity index (χ1) is 7.85. The van der Waals surface area contributed by atoms with Crippen molar-refractivity contribution in [2.75, 3.05) is 20.3 Å². The molecule has 0 aliphatic heterocycles. The fourth-order valence-corrected chi connectivity index (χ4v) is 3.37. The number of hydrogen-bond acceptors (Lipinski definition) is 2. The lowest BCUT2D eigenvalue weighted by Gasteiger charge is -2.26. The molecule has 16 heavy (non-hydrogen) atoms. The maximum atomic E-state index is 5.16. The van der Waals surface area contributed by atoms with Gasteiger partial charge in [0.1, 0.15) is 0 Å². The van der Waals surface area contributed by atoms with Crippen LogP contribution in [-0.2, 0) is 4.74 Å². The van der Waals surface area contributed by atoms with E-state index >= 15 is 0 Å². The van der Waals surface area contributed by atoms with Crippen LogP contribution in [0.3, 0.4) is 0 Å². The second kappa shape index (κ2) is 6.02. The fraction of sp³-hybridized carbons (Fsp3) is 1.00. The largest absolute Gasteiger partial charge is 0.385 e. The summed E-state index contributed by atoms with van der Waals surface area (Å²) in [6.45, 7) is 4.36. The summed E-state index contributed by atoms with van der Waals surface area (Å²) in [5, 5.41) is 3.76. The summed E-state index contributed by atoms with van der Waals surface area (Å²) in [7, 11) is 1.80. The molecule has 0 saturated heterocycles. The Bertz CT molecular complexity index is 197. The Kier molecular flexibility index (Phi) is 4.66. The Morgan fingerprint density at radius 2 is 2.00 bits per heavy atom. The third kappa shape index (κ3) is 3.21. The molecule has 0 bridgehead atoms. The molecule has 0 aromatic heterocycles. The van der Waals surface area contributed by atoms with Gasteiger partial charge in [-0.2, -0.15) is 0 Å². The van der Waals surface area contributed by atoms with Gasteiger partial charge in [0.25, 0.3) is 0 Å². The SMILES string of the molecule is CCCNC(CCCOC)C1CC2CC2C1. The van der Waals surface area contributed by atoms with Crippen molar-refractivity contribution in [1.82, 2.24) is 5.32 Å². The predicted molar refractivity (Wildman–Crippen MR) is 67.5 cm³/mol. The number of nitrogens with one attached hydrogen (secondary N) is 1. The van der Waals surface area contributed by atoms with E-state index in [2.05, 4.69) is 12.2 Å². The van der Waals surface area contributed by atoms with Crippen molar-refractivity contribution in [1.29, 1.82) is 0 Å². The molecule has 2 aliphatic rings. The van der Waals surface area contributed by atoms with Crippen LogP contribution in [0.5, 0.6) is 0 Å². The third-order valence-corrected chi connectivity index (χ3v) is 4.37. The van der Waals surface area contributed by atoms with E-state index in [1.165, 1.54) is 45.1 Å². The molecule has 0 aromatic rings. The number of rotatable bonds is 8. The smallest absolute Gasteiger partial charge is 0.0462 e. The Labute approximate surface area is 100 Å². The van der Waals surface area contributed by atoms with Gasteiger partial charge in [-0.3, -0.25) is 0 Å². The second-order valence-electron chi connectivity index (χ2n) is 5.68. The van der Waals surface area contributed by atoms with Crippen LogP contribution < -0.4 is 5.32 Å². The Balaban J connectivity index is 1.72. The molecule has 0 amide bonds. The number of hydrogen-bond donors (Lipinski definition) is 1. The molecule has 2 nitrogen and oxygen atoms in total. The van der Waals surface area contributed by atoms with Gasteiger partial charge in [0.05, 0.1) is 0 Å². The fourth-order valence-electron chi connectivity index (χ4n) is 3.37. The van der Waals surface area contributed by atoms with Crippen molar-refractivity contribution in [2.45, 2.75) is 51.5 Å². The molecule has 3 unspecified atom stereocenters. The highest BCUT2D eigenvalue weighted by atomic mass is 16.5. The predicted octanol–water partition coefficient (Wildman–Crippen LogP) is 2.83. The maximum Gasteiger partial charge on any atom is 0.0462 e. The molecule has 2 rings (SSSR count). The highest BCUT2D eigenvalue weighted by Gasteiger charge is 2.47. The molecule has 3 atom stereocenters. The van der Waals surface area contributed by atoms with Crippen LogP contribution in [0.25, 0.3) is 0 Å². The normalized spacial score (nSPS) is 33.8. The van der Waals surface area contributed by atoms with Crippen molar-refractivity contribution >= 4 is 0 Å². The van der Waals surface area contributed by atoms with Gasteiger partial charge in [-0.05, 0) is 62.8 Å². The zero-order valence-corrected chi connectivity index (χ0v) is 10.9. The lowest BCUT2D eigenvalue weighted by Crippen LogP contribution is -2.36. The summed E-state index contributed by atoms with van der Waals surface area (Å²) in [6, 6.07) is 0.767. The molecule has 2 saturated carbocycles. The van der Waals surface area contributed by atoms with E-state index in [1.54, 1.807) is 7.11 Å². The Morgan fingerprint density at radius 3 is 2.62 bits per heavy atom. The van der Waals surface area contributed by atoms with Crippen LogP contribution in [-0.4, -0.2) is 26.3 Å². The molecule has 2 fully saturated rings. The van der Waals surface area contributed by atoms with Crippen LogP contribution >= 0.6 is 0 Å². The molecule has 1 N–H and O–H groups in total. The van der Waals surface area contributed by atoms with Crippen LogP contribution in [0.2, 0.25) is 0 Å². The lowest BCUT2D eigenvalue weighted by atomic mass is 9.91. The van der Waals surface area contributed by atoms with E-state index in [0.29, 0.717) is 0 Å². The molecular weight excluding hydrogens is 198 g/mol. The van der Waals surface area contributed by atoms with Gasteiger partial charge in [-0.1, -0.05) is 6.92 Å². The minimum absolute atomic E-state index is 0.767. The highest BCUT2D eigenvalue weighted by Crippen LogP contribution is 2.55. The molecule has 0 spiro atoms. The van der Waals surface area contributed by atoms with Gasteiger partial charge >= 0.3 is 0 Å². The average molecular weight is 225 g/mol. The first kappa shape index (κ1) is 12.4. The zero-order valence-electron chi connectivity index (χ0n) is 10.9. The van der Waals surface area contributed by atoms with Gasteiger partial charge in [-0.15, -0.1) is 0 Å². The third-order valence-electron chi connectivity index (χ3n) is 4.37. The summed E-state index contributed by atoms with van der Waals surface area (Å²) in [5.74, 6) is 3.18. The molecule has 0 radical (unpaired) electrons. The van der Waals surface area contributed by atoms with Crippen molar-refractivity contribution in [3.8, 4) is 0 Å². The molecular formula is C14H27NO. The van der Waals surface area contributed by atoms with Crippen LogP contribution in [0.4, 0.5) is 0 Å². The minimum atomic E-state index is 0.767. The maximum absolute atomic E-state index is 5.16. The number of methoxy groups -OCH3 is 1. The van der Waals surface area contributed by atoms with Crippen molar-refractivity contribution in [3.63, 3.8) is 0 Å². The summed E-state index contributed by atoms with van der Waals surface area (Å²) < 4.78 is 5.16. The van der Waals surface area contributed by atoms with E-state index in [-0.39, 0.29) is 0 Å². The highest BCUT2D eigenvalue weighted by molar-refractivity contribution is 4.99. The molecule has 0 aromatic carbocycles. The Hall–Kier alpha value is -0.0800. The number of ether oxygens (including phenoxy) is 1. The molecule has 0 heterocycles. The van der Waals surface area contributed by atoms with Gasteiger partial charge in [0.15, 0.2) is 0 Å². The lowest BCUT2D eigenvalue weighted by molar-refractivity contribution is 0.182. The molecule has 2 heteroatoms. The van der Waals surface area contributed by atoms with Crippen LogP contribution in [0.15, 0.2) is 0 Å². The summed E-state index contributed by atoms with van der Waals surface area (Å²) in [5.41, 5.74) is 0. The van der Waals surface area contributed by atoms with E-state index in [9.17, 15) is 0 Å². The van der Waals surface area contributed by atoms with Gasteiger partial charge in [0.2, 0.25) is 0 Å². The zero-order chi connectivity index (χ0) is 11.4. The molecule has 2 aliphatic carbocycles. The van der Waals surface area contributed by atoms with Crippen molar-refractivity contribution in [2.24, 2.45) is 17.8 Å². The van der Waals surface area contributed by atoms with E-state index in [1.807, 2.05) is 0 Å². The average Bonchev–Trinajstić information content (AvgIpc) is 2.91. The van der Waals surface area contributed by atoms with Gasteiger partial charge in [-0.25, -0.2) is 0 Å². The van der Waals surface area contributed by atoms with E-state index < -0.39 is 0 Å². The second-order valence-corrected chi connectivity index (χ2v) is 5.68. The van der Waals surface area contributed by atoms with Crippen molar-refractivity contribution < 1.29 is 4.74 Å². The van der Waals surface area contributed by atoms with E-state index in [4.69, 9.17) is 4.74 Å². The number of fused-ring (bicyclic) bond motifs is 1. The van der Waals surface area contributed by atoms with Crippen molar-refractivity contribution in [3.05, 3.63) is 0 Å². The van der Waals surface area contributed by atoms with Gasteiger partial charge in [0, 0.05) is 19.8 Å². The van der Waals surface area contributed by atoms with Crippen LogP contribution in [0.1, 0.15) is 45.4 Å². The Morgan fingerprint density at radius 1 is 1.25 bits per heavy atom. The van der Waals surface area contributed by atoms with E-state index in [0.717, 1.165) is 30.4 Å².